The Morgan fingerprint density at radius 3 is 2.27 bits per heavy atom. The smallest absolute Gasteiger partial charge is 0.337 e. The number of benzene rings is 2. The fourth-order valence-corrected chi connectivity index (χ4v) is 3.21. The summed E-state index contributed by atoms with van der Waals surface area (Å²) < 4.78 is 3.79. The predicted molar refractivity (Wildman–Crippen MR) is 114 cm³/mol. The number of nitro groups is 1. The zero-order chi connectivity index (χ0) is 21.1. The molecular weight excluding hydrogens is 380 g/mol. The molecule has 0 aliphatic rings. The molecular formula is C22H21N6O2+. The molecule has 0 saturated heterocycles. The highest BCUT2D eigenvalue weighted by molar-refractivity contribution is 5.64. The van der Waals surface area contributed by atoms with Gasteiger partial charge in [0, 0.05) is 54.8 Å². The first-order valence-electron chi connectivity index (χ1n) is 9.44. The van der Waals surface area contributed by atoms with E-state index in [0.717, 1.165) is 28.3 Å². The molecule has 0 amide bonds. The number of nitro benzene ring substituents is 1. The number of nitrogens with zero attached hydrogens (tertiary/aromatic N) is 6. The molecule has 4 rings (SSSR count). The molecule has 0 aliphatic carbocycles. The molecule has 0 saturated carbocycles. The van der Waals surface area contributed by atoms with Crippen molar-refractivity contribution in [1.29, 1.82) is 0 Å². The highest BCUT2D eigenvalue weighted by Crippen LogP contribution is 2.22. The summed E-state index contributed by atoms with van der Waals surface area (Å²) in [5.41, 5.74) is 3.78. The van der Waals surface area contributed by atoms with Crippen molar-refractivity contribution in [2.45, 2.75) is 6.54 Å². The number of hydrogen-bond acceptors (Lipinski definition) is 5. The molecule has 0 N–H and O–H groups in total. The summed E-state index contributed by atoms with van der Waals surface area (Å²) >= 11 is 0. The molecule has 8 heteroatoms. The second-order valence-corrected chi connectivity index (χ2v) is 7.07. The molecule has 0 radical (unpaired) electrons. The lowest BCUT2D eigenvalue weighted by Gasteiger charge is -2.11. The third kappa shape index (κ3) is 3.88. The lowest BCUT2D eigenvalue weighted by molar-refractivity contribution is -0.601. The minimum atomic E-state index is -0.402. The van der Waals surface area contributed by atoms with Gasteiger partial charge in [-0.3, -0.25) is 10.1 Å². The minimum absolute atomic E-state index is 0.0659. The maximum absolute atomic E-state index is 10.9. The van der Waals surface area contributed by atoms with E-state index in [1.54, 1.807) is 16.8 Å². The van der Waals surface area contributed by atoms with Crippen LogP contribution < -0.4 is 9.47 Å². The van der Waals surface area contributed by atoms with Crippen molar-refractivity contribution in [3.63, 3.8) is 0 Å². The zero-order valence-electron chi connectivity index (χ0n) is 16.7. The van der Waals surface area contributed by atoms with Gasteiger partial charge in [-0.05, 0) is 17.7 Å². The van der Waals surface area contributed by atoms with Crippen LogP contribution in [0.15, 0.2) is 79.1 Å². The Kier molecular flexibility index (Phi) is 5.21. The van der Waals surface area contributed by atoms with Crippen LogP contribution in [-0.4, -0.2) is 34.0 Å². The van der Waals surface area contributed by atoms with E-state index in [1.165, 1.54) is 12.1 Å². The van der Waals surface area contributed by atoms with Crippen molar-refractivity contribution < 1.29 is 9.49 Å². The summed E-state index contributed by atoms with van der Waals surface area (Å²) in [5, 5.41) is 19.7. The van der Waals surface area contributed by atoms with Crippen LogP contribution in [0.2, 0.25) is 0 Å². The molecule has 8 nitrogen and oxygen atoms in total. The van der Waals surface area contributed by atoms with Crippen LogP contribution >= 0.6 is 0 Å². The number of non-ortho nitro benzene ring substituents is 1. The molecule has 30 heavy (non-hydrogen) atoms. The summed E-state index contributed by atoms with van der Waals surface area (Å²) in [4.78, 5) is 12.6. The lowest BCUT2D eigenvalue weighted by atomic mass is 10.1. The second-order valence-electron chi connectivity index (χ2n) is 7.07. The number of pyridine rings is 1. The maximum Gasteiger partial charge on any atom is 0.337 e. The van der Waals surface area contributed by atoms with Gasteiger partial charge < -0.3 is 4.90 Å². The fourth-order valence-electron chi connectivity index (χ4n) is 3.21. The molecule has 0 atom stereocenters. The number of aromatic nitrogens is 4. The summed E-state index contributed by atoms with van der Waals surface area (Å²) in [6.45, 7) is 0.440. The van der Waals surface area contributed by atoms with Gasteiger partial charge in [-0.25, -0.2) is 4.57 Å². The van der Waals surface area contributed by atoms with Crippen molar-refractivity contribution in [2.75, 3.05) is 19.0 Å². The largest absolute Gasteiger partial charge is 0.377 e. The molecule has 0 fully saturated rings. The Hall–Kier alpha value is -4.07. The van der Waals surface area contributed by atoms with Gasteiger partial charge in [0.15, 0.2) is 5.69 Å². The number of anilines is 1. The van der Waals surface area contributed by atoms with Crippen molar-refractivity contribution in [3.8, 4) is 17.1 Å². The Morgan fingerprint density at radius 1 is 1.00 bits per heavy atom. The Labute approximate surface area is 173 Å². The fraction of sp³-hybridized carbons (Fsp3) is 0.136. The third-order valence-electron chi connectivity index (χ3n) is 4.81. The standard InChI is InChI=1S/C22H21N6O2/c1-25(2)19-12-14-26(15-13-19)22-21(18-6-4-3-5-7-18)23-24-27(22)16-17-8-10-20(11-9-17)28(29)30/h3-15H,16H2,1-2H3/q+1. The molecule has 2 aromatic heterocycles. The van der Waals surface area contributed by atoms with Crippen LogP contribution in [0.1, 0.15) is 5.56 Å². The van der Waals surface area contributed by atoms with E-state index < -0.39 is 4.92 Å². The Balaban J connectivity index is 1.77. The van der Waals surface area contributed by atoms with Crippen LogP contribution in [0.5, 0.6) is 0 Å². The van der Waals surface area contributed by atoms with E-state index in [1.807, 2.05) is 78.4 Å². The van der Waals surface area contributed by atoms with E-state index in [0.29, 0.717) is 6.54 Å². The van der Waals surface area contributed by atoms with Crippen LogP contribution in [0.25, 0.3) is 17.1 Å². The van der Waals surface area contributed by atoms with E-state index in [9.17, 15) is 10.1 Å². The minimum Gasteiger partial charge on any atom is -0.377 e. The normalized spacial score (nSPS) is 10.7. The van der Waals surface area contributed by atoms with Crippen molar-refractivity contribution in [1.82, 2.24) is 15.0 Å². The second kappa shape index (κ2) is 8.12. The lowest BCUT2D eigenvalue weighted by Crippen LogP contribution is -2.34. The molecule has 2 aromatic carbocycles. The van der Waals surface area contributed by atoms with Gasteiger partial charge >= 0.3 is 5.82 Å². The van der Waals surface area contributed by atoms with Crippen molar-refractivity contribution >= 4 is 11.4 Å². The molecule has 0 bridgehead atoms. The Bertz CT molecular complexity index is 1150. The van der Waals surface area contributed by atoms with Crippen molar-refractivity contribution in [2.24, 2.45) is 0 Å². The summed E-state index contributed by atoms with van der Waals surface area (Å²) in [5.74, 6) is 0.824. The molecule has 150 valence electrons. The van der Waals surface area contributed by atoms with E-state index in [-0.39, 0.29) is 5.69 Å². The predicted octanol–water partition coefficient (Wildman–Crippen LogP) is 3.24. The number of hydrogen-bond donors (Lipinski definition) is 0. The molecule has 2 heterocycles. The average molecular weight is 401 g/mol. The van der Waals surface area contributed by atoms with E-state index >= 15 is 0 Å². The average Bonchev–Trinajstić information content (AvgIpc) is 3.18. The first kappa shape index (κ1) is 19.3. The maximum atomic E-state index is 10.9. The van der Waals surface area contributed by atoms with Crippen LogP contribution in [0, 0.1) is 10.1 Å². The van der Waals surface area contributed by atoms with E-state index in [2.05, 4.69) is 10.3 Å². The topological polar surface area (TPSA) is 81.0 Å². The molecule has 0 unspecified atom stereocenters. The number of rotatable bonds is 6. The van der Waals surface area contributed by atoms with Gasteiger partial charge in [0.2, 0.25) is 0 Å². The molecule has 0 aliphatic heterocycles. The Morgan fingerprint density at radius 2 is 1.67 bits per heavy atom. The first-order chi connectivity index (χ1) is 14.5. The zero-order valence-corrected chi connectivity index (χ0v) is 16.7. The summed E-state index contributed by atoms with van der Waals surface area (Å²) in [7, 11) is 3.99. The van der Waals surface area contributed by atoms with Gasteiger partial charge in [0.05, 0.1) is 17.3 Å². The quantitative estimate of drug-likeness (QED) is 0.281. The van der Waals surface area contributed by atoms with Crippen molar-refractivity contribution in [3.05, 3.63) is 94.8 Å². The first-order valence-corrected chi connectivity index (χ1v) is 9.44. The van der Waals surface area contributed by atoms with Gasteiger partial charge in [0.1, 0.15) is 6.54 Å². The van der Waals surface area contributed by atoms with Gasteiger partial charge in [-0.2, -0.15) is 0 Å². The van der Waals surface area contributed by atoms with Crippen LogP contribution in [0.4, 0.5) is 11.4 Å². The highest BCUT2D eigenvalue weighted by Gasteiger charge is 2.25. The molecule has 4 aromatic rings. The molecule has 0 spiro atoms. The monoisotopic (exact) mass is 401 g/mol. The van der Waals surface area contributed by atoms with Gasteiger partial charge in [-0.1, -0.05) is 30.3 Å². The van der Waals surface area contributed by atoms with Gasteiger partial charge in [0.25, 0.3) is 5.69 Å². The highest BCUT2D eigenvalue weighted by atomic mass is 16.6. The van der Waals surface area contributed by atoms with Crippen LogP contribution in [0.3, 0.4) is 0 Å². The summed E-state index contributed by atoms with van der Waals surface area (Å²) in [6, 6.07) is 20.4. The van der Waals surface area contributed by atoms with E-state index in [4.69, 9.17) is 0 Å². The van der Waals surface area contributed by atoms with Crippen LogP contribution in [-0.2, 0) is 6.54 Å². The van der Waals surface area contributed by atoms with Gasteiger partial charge in [-0.15, -0.1) is 9.78 Å². The third-order valence-corrected chi connectivity index (χ3v) is 4.81. The SMILES string of the molecule is CN(C)c1cc[n+](-c2c(-c3ccccc3)nnn2Cc2ccc([N+](=O)[O-])cc2)cc1. The summed E-state index contributed by atoms with van der Waals surface area (Å²) in [6.07, 6.45) is 3.96.